The van der Waals surface area contributed by atoms with Gasteiger partial charge in [0, 0.05) is 35.4 Å². The second-order valence-electron chi connectivity index (χ2n) is 6.62. The topological polar surface area (TPSA) is 98.0 Å². The van der Waals surface area contributed by atoms with Crippen molar-refractivity contribution in [2.75, 3.05) is 5.32 Å². The number of nitrogens with zero attached hydrogens (tertiary/aromatic N) is 6. The Labute approximate surface area is 181 Å². The normalized spacial score (nSPS) is 10.9. The lowest BCUT2D eigenvalue weighted by Gasteiger charge is -2.08. The van der Waals surface area contributed by atoms with Crippen LogP contribution in [0.3, 0.4) is 0 Å². The van der Waals surface area contributed by atoms with Crippen molar-refractivity contribution in [3.8, 4) is 22.6 Å². The number of anilines is 1. The molecule has 0 saturated carbocycles. The monoisotopic (exact) mass is 427 g/mol. The van der Waals surface area contributed by atoms with E-state index in [-0.39, 0.29) is 11.1 Å². The summed E-state index contributed by atoms with van der Waals surface area (Å²) in [5.74, 6) is 0.313. The maximum absolute atomic E-state index is 12.4. The van der Waals surface area contributed by atoms with Crippen molar-refractivity contribution in [2.45, 2.75) is 0 Å². The van der Waals surface area contributed by atoms with Gasteiger partial charge in [0.25, 0.3) is 5.91 Å². The van der Waals surface area contributed by atoms with E-state index in [4.69, 9.17) is 11.6 Å². The largest absolute Gasteiger partial charge is 0.322 e. The SMILES string of the molecule is O=C(Nc1ccc(-c2ccc3nnc(-c4ccncc4)n3n2)cc1)c1cccnc1Cl. The predicted octanol–water partition coefficient (Wildman–Crippen LogP) is 4.15. The van der Waals surface area contributed by atoms with Gasteiger partial charge in [-0.15, -0.1) is 10.2 Å². The van der Waals surface area contributed by atoms with Crippen molar-refractivity contribution in [1.29, 1.82) is 0 Å². The second-order valence-corrected chi connectivity index (χ2v) is 6.98. The van der Waals surface area contributed by atoms with Gasteiger partial charge < -0.3 is 5.32 Å². The van der Waals surface area contributed by atoms with Gasteiger partial charge in [0.1, 0.15) is 5.15 Å². The Bertz CT molecular complexity index is 1380. The number of carbonyl (C=O) groups is 1. The van der Waals surface area contributed by atoms with Crippen molar-refractivity contribution < 1.29 is 4.79 Å². The number of rotatable bonds is 4. The molecule has 5 aromatic rings. The van der Waals surface area contributed by atoms with E-state index in [1.807, 2.05) is 36.4 Å². The average Bonchev–Trinajstić information content (AvgIpc) is 3.24. The minimum atomic E-state index is -0.322. The van der Waals surface area contributed by atoms with Crippen LogP contribution in [0.15, 0.2) is 79.3 Å². The van der Waals surface area contributed by atoms with Gasteiger partial charge in [-0.25, -0.2) is 4.98 Å². The zero-order valence-corrected chi connectivity index (χ0v) is 16.7. The Morgan fingerprint density at radius 1 is 0.871 bits per heavy atom. The molecule has 4 aromatic heterocycles. The predicted molar refractivity (Wildman–Crippen MR) is 117 cm³/mol. The van der Waals surface area contributed by atoms with Crippen molar-refractivity contribution >= 4 is 28.8 Å². The molecular formula is C22H14ClN7O. The first-order valence-corrected chi connectivity index (χ1v) is 9.72. The number of fused-ring (bicyclic) bond motifs is 1. The summed E-state index contributed by atoms with van der Waals surface area (Å²) in [6.07, 6.45) is 4.94. The molecule has 0 unspecified atom stereocenters. The van der Waals surface area contributed by atoms with E-state index in [0.717, 1.165) is 16.8 Å². The first kappa shape index (κ1) is 18.8. The molecule has 1 aromatic carbocycles. The zero-order chi connectivity index (χ0) is 21.2. The fraction of sp³-hybridized carbons (Fsp3) is 0. The van der Waals surface area contributed by atoms with E-state index >= 15 is 0 Å². The Kier molecular flexibility index (Phi) is 4.81. The zero-order valence-electron chi connectivity index (χ0n) is 16.0. The average molecular weight is 428 g/mol. The minimum absolute atomic E-state index is 0.160. The van der Waals surface area contributed by atoms with E-state index in [0.29, 0.717) is 22.7 Å². The smallest absolute Gasteiger partial charge is 0.258 e. The van der Waals surface area contributed by atoms with Crippen molar-refractivity contribution in [2.24, 2.45) is 0 Å². The van der Waals surface area contributed by atoms with Crippen LogP contribution in [0.5, 0.6) is 0 Å². The third kappa shape index (κ3) is 3.72. The van der Waals surface area contributed by atoms with E-state index in [1.165, 1.54) is 6.20 Å². The Morgan fingerprint density at radius 3 is 2.45 bits per heavy atom. The highest BCUT2D eigenvalue weighted by Gasteiger charge is 2.12. The van der Waals surface area contributed by atoms with Crippen LogP contribution in [-0.4, -0.2) is 35.7 Å². The van der Waals surface area contributed by atoms with Crippen LogP contribution >= 0.6 is 11.6 Å². The molecule has 0 saturated heterocycles. The first-order chi connectivity index (χ1) is 15.2. The molecule has 1 amide bonds. The molecule has 0 aliphatic rings. The first-order valence-electron chi connectivity index (χ1n) is 9.34. The van der Waals surface area contributed by atoms with Crippen LogP contribution in [-0.2, 0) is 0 Å². The number of hydrogen-bond donors (Lipinski definition) is 1. The van der Waals surface area contributed by atoms with Gasteiger partial charge in [-0.3, -0.25) is 9.78 Å². The lowest BCUT2D eigenvalue weighted by molar-refractivity contribution is 0.102. The third-order valence-corrected chi connectivity index (χ3v) is 4.94. The third-order valence-electron chi connectivity index (χ3n) is 4.64. The summed E-state index contributed by atoms with van der Waals surface area (Å²) in [7, 11) is 0. The van der Waals surface area contributed by atoms with Gasteiger partial charge in [-0.2, -0.15) is 9.61 Å². The summed E-state index contributed by atoms with van der Waals surface area (Å²) in [5.41, 5.74) is 4.10. The molecule has 0 aliphatic carbocycles. The molecule has 150 valence electrons. The van der Waals surface area contributed by atoms with E-state index in [2.05, 4.69) is 30.6 Å². The summed E-state index contributed by atoms with van der Waals surface area (Å²) in [6, 6.07) is 18.1. The van der Waals surface area contributed by atoms with Crippen LogP contribution in [0.1, 0.15) is 10.4 Å². The number of amides is 1. The molecule has 31 heavy (non-hydrogen) atoms. The number of aromatic nitrogens is 6. The molecule has 0 aliphatic heterocycles. The number of benzene rings is 1. The molecule has 4 heterocycles. The van der Waals surface area contributed by atoms with Gasteiger partial charge in [-0.1, -0.05) is 23.7 Å². The van der Waals surface area contributed by atoms with Crippen LogP contribution < -0.4 is 5.32 Å². The van der Waals surface area contributed by atoms with E-state index in [9.17, 15) is 4.79 Å². The summed E-state index contributed by atoms with van der Waals surface area (Å²) < 4.78 is 1.70. The Morgan fingerprint density at radius 2 is 1.68 bits per heavy atom. The molecule has 0 fully saturated rings. The maximum Gasteiger partial charge on any atom is 0.258 e. The van der Waals surface area contributed by atoms with Crippen molar-refractivity contribution in [1.82, 2.24) is 29.8 Å². The molecule has 5 rings (SSSR count). The van der Waals surface area contributed by atoms with Crippen LogP contribution in [0.25, 0.3) is 28.3 Å². The summed E-state index contributed by atoms with van der Waals surface area (Å²) in [5, 5.41) is 16.1. The number of hydrogen-bond acceptors (Lipinski definition) is 6. The van der Waals surface area contributed by atoms with Crippen LogP contribution in [0.2, 0.25) is 5.15 Å². The van der Waals surface area contributed by atoms with Crippen molar-refractivity contribution in [3.63, 3.8) is 0 Å². The van der Waals surface area contributed by atoms with E-state index < -0.39 is 0 Å². The van der Waals surface area contributed by atoms with Gasteiger partial charge in [0.2, 0.25) is 0 Å². The molecule has 9 heteroatoms. The highest BCUT2D eigenvalue weighted by Crippen LogP contribution is 2.23. The number of nitrogens with one attached hydrogen (secondary N) is 1. The molecule has 1 N–H and O–H groups in total. The van der Waals surface area contributed by atoms with Crippen molar-refractivity contribution in [3.05, 3.63) is 90.0 Å². The van der Waals surface area contributed by atoms with Gasteiger partial charge in [0.15, 0.2) is 11.5 Å². The second kappa shape index (κ2) is 7.92. The number of pyridine rings is 2. The fourth-order valence-electron chi connectivity index (χ4n) is 3.10. The molecule has 0 atom stereocenters. The Hall–Kier alpha value is -4.17. The Balaban J connectivity index is 1.42. The van der Waals surface area contributed by atoms with Gasteiger partial charge in [0.05, 0.1) is 11.3 Å². The highest BCUT2D eigenvalue weighted by molar-refractivity contribution is 6.33. The highest BCUT2D eigenvalue weighted by atomic mass is 35.5. The molecule has 0 radical (unpaired) electrons. The lowest BCUT2D eigenvalue weighted by Crippen LogP contribution is -2.12. The molecular weight excluding hydrogens is 414 g/mol. The molecule has 0 spiro atoms. The number of carbonyl (C=O) groups excluding carboxylic acids is 1. The molecule has 0 bridgehead atoms. The fourth-order valence-corrected chi connectivity index (χ4v) is 3.31. The summed E-state index contributed by atoms with van der Waals surface area (Å²) in [6.45, 7) is 0. The maximum atomic E-state index is 12.4. The standard InChI is InChI=1S/C22H14ClN7O/c23-20-17(2-1-11-25-20)22(31)26-16-5-3-14(4-6-16)18-7-8-19-27-28-21(30(19)29-18)15-9-12-24-13-10-15/h1-13H,(H,26,31). The summed E-state index contributed by atoms with van der Waals surface area (Å²) >= 11 is 5.99. The number of halogens is 1. The quantitative estimate of drug-likeness (QED) is 0.432. The van der Waals surface area contributed by atoms with Gasteiger partial charge in [-0.05, 0) is 48.5 Å². The lowest BCUT2D eigenvalue weighted by atomic mass is 10.1. The molecule has 8 nitrogen and oxygen atoms in total. The van der Waals surface area contributed by atoms with Gasteiger partial charge >= 0.3 is 0 Å². The van der Waals surface area contributed by atoms with Crippen LogP contribution in [0, 0.1) is 0 Å². The summed E-state index contributed by atoms with van der Waals surface area (Å²) in [4.78, 5) is 20.4. The van der Waals surface area contributed by atoms with Crippen LogP contribution in [0.4, 0.5) is 5.69 Å². The van der Waals surface area contributed by atoms with E-state index in [1.54, 1.807) is 41.2 Å². The minimum Gasteiger partial charge on any atom is -0.322 e.